The predicted octanol–water partition coefficient (Wildman–Crippen LogP) is 2.42. The molecule has 0 spiro atoms. The summed E-state index contributed by atoms with van der Waals surface area (Å²) in [7, 11) is 0. The molecule has 3 amide bonds. The van der Waals surface area contributed by atoms with Crippen molar-refractivity contribution < 1.29 is 19.1 Å². The van der Waals surface area contributed by atoms with Gasteiger partial charge in [-0.25, -0.2) is 0 Å². The predicted molar refractivity (Wildman–Crippen MR) is 121 cm³/mol. The van der Waals surface area contributed by atoms with Gasteiger partial charge in [-0.3, -0.25) is 19.7 Å². The van der Waals surface area contributed by atoms with Gasteiger partial charge in [0.2, 0.25) is 11.8 Å². The molecule has 1 unspecified atom stereocenters. The molecule has 7 rings (SSSR count). The number of hydrogen-bond acceptors (Lipinski definition) is 6. The number of piperidine rings is 1. The van der Waals surface area contributed by atoms with Gasteiger partial charge in [-0.1, -0.05) is 6.42 Å². The molecule has 1 aromatic carbocycles. The molecule has 0 aromatic heterocycles. The molecule has 3 atom stereocenters. The first-order chi connectivity index (χ1) is 16.4. The third-order valence-electron chi connectivity index (χ3n) is 8.60. The second kappa shape index (κ2) is 7.81. The van der Waals surface area contributed by atoms with Crippen LogP contribution in [0.4, 0.5) is 0 Å². The minimum atomic E-state index is -0.606. The number of hydrogen-bond donors (Lipinski definition) is 2. The highest BCUT2D eigenvalue weighted by atomic mass is 16.5. The van der Waals surface area contributed by atoms with Crippen molar-refractivity contribution in [2.45, 2.75) is 82.5 Å². The first-order valence-electron chi connectivity index (χ1n) is 12.5. The lowest BCUT2D eigenvalue weighted by molar-refractivity contribution is -0.161. The van der Waals surface area contributed by atoms with Gasteiger partial charge >= 0.3 is 0 Å². The molecule has 4 aliphatic carbocycles. The van der Waals surface area contributed by atoms with Gasteiger partial charge < -0.3 is 15.0 Å². The van der Waals surface area contributed by atoms with E-state index in [0.29, 0.717) is 23.9 Å². The molecule has 1 aromatic rings. The van der Waals surface area contributed by atoms with Gasteiger partial charge in [-0.15, -0.1) is 0 Å². The van der Waals surface area contributed by atoms with Crippen molar-refractivity contribution in [2.75, 3.05) is 6.54 Å². The zero-order valence-electron chi connectivity index (χ0n) is 19.3. The third kappa shape index (κ3) is 3.49. The maximum atomic E-state index is 12.9. The summed E-state index contributed by atoms with van der Waals surface area (Å²) >= 11 is 0. The average molecular weight is 463 g/mol. The molecule has 8 nitrogen and oxygen atoms in total. The van der Waals surface area contributed by atoms with Crippen LogP contribution in [-0.4, -0.2) is 47.4 Å². The smallest absolute Gasteiger partial charge is 0.255 e. The highest BCUT2D eigenvalue weighted by Crippen LogP contribution is 2.72. The first kappa shape index (κ1) is 21.6. The Hall–Kier alpha value is -2.92. The number of carbonyl (C=O) groups excluding carboxylic acids is 3. The van der Waals surface area contributed by atoms with E-state index in [1.165, 1.54) is 6.42 Å². The van der Waals surface area contributed by atoms with Crippen LogP contribution in [0.1, 0.15) is 73.7 Å². The van der Waals surface area contributed by atoms with Crippen LogP contribution in [0.3, 0.4) is 0 Å². The summed E-state index contributed by atoms with van der Waals surface area (Å²) in [5.74, 6) is -0.0870. The van der Waals surface area contributed by atoms with E-state index in [1.807, 2.05) is 12.1 Å². The first-order valence-corrected chi connectivity index (χ1v) is 12.5. The molecule has 2 heterocycles. The van der Waals surface area contributed by atoms with E-state index in [4.69, 9.17) is 4.74 Å². The van der Waals surface area contributed by atoms with Gasteiger partial charge in [0.05, 0.1) is 11.5 Å². The lowest BCUT2D eigenvalue weighted by Crippen LogP contribution is -2.65. The van der Waals surface area contributed by atoms with Crippen molar-refractivity contribution >= 4 is 17.7 Å². The molecule has 0 radical (unpaired) electrons. The summed E-state index contributed by atoms with van der Waals surface area (Å²) in [5, 5.41) is 15.4. The zero-order chi connectivity index (χ0) is 23.5. The highest BCUT2D eigenvalue weighted by Gasteiger charge is 2.68. The minimum absolute atomic E-state index is 0.0201. The number of nitrogens with one attached hydrogen (secondary N) is 2. The minimum Gasteiger partial charge on any atom is -0.489 e. The van der Waals surface area contributed by atoms with Crippen molar-refractivity contribution in [2.24, 2.45) is 10.8 Å². The Morgan fingerprint density at radius 1 is 1.15 bits per heavy atom. The summed E-state index contributed by atoms with van der Waals surface area (Å²) in [4.78, 5) is 38.2. The normalized spacial score (nSPS) is 36.1. The van der Waals surface area contributed by atoms with Gasteiger partial charge in [0.15, 0.2) is 0 Å². The molecular formula is C26H30N4O4. The summed E-state index contributed by atoms with van der Waals surface area (Å²) in [6, 6.07) is 7.75. The number of imide groups is 1. The SMILES string of the molecule is N#CC12CC(CN[C@H]3CCCC[C@@H]3Oc3ccc4c(c3)CN(C3CCC(=O)NC3=O)C4=O)(C1)C2. The second-order valence-corrected chi connectivity index (χ2v) is 11.1. The van der Waals surface area contributed by atoms with Crippen LogP contribution >= 0.6 is 0 Å². The Kier molecular flexibility index (Phi) is 4.96. The molecule has 6 aliphatic rings. The van der Waals surface area contributed by atoms with Gasteiger partial charge in [0.1, 0.15) is 17.9 Å². The van der Waals surface area contributed by atoms with Crippen LogP contribution in [0.2, 0.25) is 0 Å². The lowest BCUT2D eigenvalue weighted by atomic mass is 9.35. The molecular weight excluding hydrogens is 432 g/mol. The number of nitrogens with zero attached hydrogens (tertiary/aromatic N) is 2. The number of benzene rings is 1. The van der Waals surface area contributed by atoms with Crippen molar-refractivity contribution in [1.82, 2.24) is 15.5 Å². The third-order valence-corrected chi connectivity index (χ3v) is 8.60. The second-order valence-electron chi connectivity index (χ2n) is 11.1. The molecule has 5 fully saturated rings. The van der Waals surface area contributed by atoms with Crippen LogP contribution in [0.5, 0.6) is 5.75 Å². The van der Waals surface area contributed by atoms with E-state index >= 15 is 0 Å². The van der Waals surface area contributed by atoms with E-state index in [2.05, 4.69) is 16.7 Å². The lowest BCUT2D eigenvalue weighted by Gasteiger charge is -2.67. The fraction of sp³-hybridized carbons (Fsp3) is 0.615. The highest BCUT2D eigenvalue weighted by molar-refractivity contribution is 6.05. The summed E-state index contributed by atoms with van der Waals surface area (Å²) in [5.41, 5.74) is 1.77. The Labute approximate surface area is 199 Å². The summed E-state index contributed by atoms with van der Waals surface area (Å²) < 4.78 is 6.45. The van der Waals surface area contributed by atoms with E-state index in [-0.39, 0.29) is 35.8 Å². The molecule has 178 valence electrons. The quantitative estimate of drug-likeness (QED) is 0.628. The van der Waals surface area contributed by atoms with E-state index in [9.17, 15) is 19.6 Å². The fourth-order valence-electron chi connectivity index (χ4n) is 6.92. The molecule has 1 saturated heterocycles. The largest absolute Gasteiger partial charge is 0.489 e. The van der Waals surface area contributed by atoms with Gasteiger partial charge in [0.25, 0.3) is 5.91 Å². The summed E-state index contributed by atoms with van der Waals surface area (Å²) in [6.45, 7) is 1.31. The topological polar surface area (TPSA) is 112 Å². The zero-order valence-corrected chi connectivity index (χ0v) is 19.3. The fourth-order valence-corrected chi connectivity index (χ4v) is 6.92. The molecule has 2 aliphatic heterocycles. The number of nitriles is 1. The molecule has 4 saturated carbocycles. The number of carbonyl (C=O) groups is 3. The number of amides is 3. The Morgan fingerprint density at radius 2 is 1.94 bits per heavy atom. The van der Waals surface area contributed by atoms with Crippen molar-refractivity contribution in [1.29, 1.82) is 5.26 Å². The molecule has 34 heavy (non-hydrogen) atoms. The van der Waals surface area contributed by atoms with Crippen LogP contribution in [0.25, 0.3) is 0 Å². The molecule has 2 bridgehead atoms. The van der Waals surface area contributed by atoms with Gasteiger partial charge in [-0.2, -0.15) is 5.26 Å². The van der Waals surface area contributed by atoms with Crippen molar-refractivity contribution in [3.05, 3.63) is 29.3 Å². The maximum absolute atomic E-state index is 12.9. The van der Waals surface area contributed by atoms with Crippen LogP contribution in [-0.2, 0) is 16.1 Å². The van der Waals surface area contributed by atoms with E-state index in [1.54, 1.807) is 11.0 Å². The van der Waals surface area contributed by atoms with Crippen LogP contribution in [0.15, 0.2) is 18.2 Å². The maximum Gasteiger partial charge on any atom is 0.255 e. The number of rotatable bonds is 6. The van der Waals surface area contributed by atoms with Crippen LogP contribution < -0.4 is 15.4 Å². The van der Waals surface area contributed by atoms with Crippen molar-refractivity contribution in [3.8, 4) is 11.8 Å². The number of ether oxygens (including phenoxy) is 1. The molecule has 2 N–H and O–H groups in total. The molecule has 8 heteroatoms. The van der Waals surface area contributed by atoms with Gasteiger partial charge in [-0.05, 0) is 74.1 Å². The van der Waals surface area contributed by atoms with Crippen LogP contribution in [0, 0.1) is 22.2 Å². The average Bonchev–Trinajstić information content (AvgIpc) is 3.09. The monoisotopic (exact) mass is 462 g/mol. The van der Waals surface area contributed by atoms with E-state index < -0.39 is 11.9 Å². The van der Waals surface area contributed by atoms with E-state index in [0.717, 1.165) is 56.4 Å². The Bertz CT molecular complexity index is 1090. The number of fused-ring (bicyclic) bond motifs is 1. The summed E-state index contributed by atoms with van der Waals surface area (Å²) in [6.07, 6.45) is 8.18. The Morgan fingerprint density at radius 3 is 2.71 bits per heavy atom. The van der Waals surface area contributed by atoms with Crippen molar-refractivity contribution in [3.63, 3.8) is 0 Å². The Balaban J connectivity index is 1.10. The van der Waals surface area contributed by atoms with Gasteiger partial charge in [0, 0.05) is 31.1 Å². The standard InChI is InChI=1S/C26H30N4O4/c27-14-25-11-26(12-25,13-25)15-28-19-3-1-2-4-21(19)34-17-5-6-18-16(9-17)10-30(24(18)33)20-7-8-22(31)29-23(20)32/h5-6,9,19-21,28H,1-4,7-8,10-13,15H2,(H,29,31,32)/t19-,20?,21-,25?,26?/m0/s1.